The largest absolute Gasteiger partial charge is 0.480 e. The quantitative estimate of drug-likeness (QED) is 0.252. The van der Waals surface area contributed by atoms with E-state index in [9.17, 15) is 19.2 Å². The number of carbonyl (C=O) groups is 4. The summed E-state index contributed by atoms with van der Waals surface area (Å²) in [4.78, 5) is 44.1. The molecule has 0 fully saturated rings. The van der Waals surface area contributed by atoms with Gasteiger partial charge in [0.1, 0.15) is 12.6 Å². The molecule has 0 heterocycles. The smallest absolute Gasteiger partial charge is 0.322 e. The third kappa shape index (κ3) is 7.59. The second-order valence-corrected chi connectivity index (χ2v) is 4.33. The van der Waals surface area contributed by atoms with Crippen molar-refractivity contribution in [3.63, 3.8) is 0 Å². The van der Waals surface area contributed by atoms with Gasteiger partial charge in [-0.15, -0.1) is 0 Å². The SMILES string of the molecule is NC(=O)CCC(N)C(=O)NC(CS)C(=O)NCC(=O)O. The van der Waals surface area contributed by atoms with E-state index in [1.807, 2.05) is 0 Å². The number of hydrogen-bond acceptors (Lipinski definition) is 6. The molecule has 0 spiro atoms. The van der Waals surface area contributed by atoms with E-state index in [1.165, 1.54) is 0 Å². The van der Waals surface area contributed by atoms with Crippen molar-refractivity contribution in [3.8, 4) is 0 Å². The second kappa shape index (κ2) is 9.15. The maximum absolute atomic E-state index is 11.6. The lowest BCUT2D eigenvalue weighted by molar-refractivity contribution is -0.138. The van der Waals surface area contributed by atoms with Crippen LogP contribution in [0.15, 0.2) is 0 Å². The van der Waals surface area contributed by atoms with Gasteiger partial charge in [-0.25, -0.2) is 0 Å². The minimum atomic E-state index is -1.21. The van der Waals surface area contributed by atoms with Crippen molar-refractivity contribution in [1.29, 1.82) is 0 Å². The van der Waals surface area contributed by atoms with E-state index in [1.54, 1.807) is 0 Å². The summed E-state index contributed by atoms with van der Waals surface area (Å²) in [6.45, 7) is -0.563. The van der Waals surface area contributed by atoms with Crippen molar-refractivity contribution in [3.05, 3.63) is 0 Å². The summed E-state index contributed by atoms with van der Waals surface area (Å²) in [5.41, 5.74) is 10.4. The summed E-state index contributed by atoms with van der Waals surface area (Å²) in [6, 6.07) is -2.00. The third-order valence-electron chi connectivity index (χ3n) is 2.27. The zero-order valence-electron chi connectivity index (χ0n) is 10.7. The standard InChI is InChI=1S/C10H18N4O5S/c11-5(1-2-7(12)15)9(18)14-6(4-20)10(19)13-3-8(16)17/h5-6,20H,1-4,11H2,(H2,12,15)(H,13,19)(H,14,18)(H,16,17). The van der Waals surface area contributed by atoms with E-state index in [2.05, 4.69) is 23.3 Å². The molecule has 0 aromatic rings. The summed E-state index contributed by atoms with van der Waals surface area (Å²) in [6.07, 6.45) is 0.00252. The van der Waals surface area contributed by atoms with E-state index >= 15 is 0 Å². The van der Waals surface area contributed by atoms with Crippen molar-refractivity contribution >= 4 is 36.3 Å². The van der Waals surface area contributed by atoms with Crippen molar-refractivity contribution in [1.82, 2.24) is 10.6 Å². The van der Waals surface area contributed by atoms with Gasteiger partial charge in [-0.3, -0.25) is 19.2 Å². The Balaban J connectivity index is 4.33. The van der Waals surface area contributed by atoms with Gasteiger partial charge in [-0.05, 0) is 6.42 Å². The highest BCUT2D eigenvalue weighted by Gasteiger charge is 2.23. The van der Waals surface area contributed by atoms with E-state index in [0.29, 0.717) is 0 Å². The summed E-state index contributed by atoms with van der Waals surface area (Å²) < 4.78 is 0. The summed E-state index contributed by atoms with van der Waals surface area (Å²) in [7, 11) is 0. The van der Waals surface area contributed by atoms with E-state index in [4.69, 9.17) is 16.6 Å². The molecule has 0 aliphatic rings. The van der Waals surface area contributed by atoms with Gasteiger partial charge in [0.25, 0.3) is 0 Å². The molecule has 0 aliphatic heterocycles. The number of rotatable bonds is 9. The van der Waals surface area contributed by atoms with Gasteiger partial charge < -0.3 is 27.2 Å². The molecule has 9 nitrogen and oxygen atoms in total. The predicted octanol–water partition coefficient (Wildman–Crippen LogP) is -2.81. The van der Waals surface area contributed by atoms with Gasteiger partial charge in [-0.2, -0.15) is 12.6 Å². The van der Waals surface area contributed by atoms with Gasteiger partial charge in [0.15, 0.2) is 0 Å². The highest BCUT2D eigenvalue weighted by atomic mass is 32.1. The van der Waals surface area contributed by atoms with Gasteiger partial charge in [0.2, 0.25) is 17.7 Å². The van der Waals surface area contributed by atoms with Gasteiger partial charge >= 0.3 is 5.97 Å². The molecule has 0 bridgehead atoms. The molecule has 7 N–H and O–H groups in total. The Labute approximate surface area is 120 Å². The maximum Gasteiger partial charge on any atom is 0.322 e. The normalized spacial score (nSPS) is 13.1. The average Bonchev–Trinajstić information content (AvgIpc) is 2.38. The van der Waals surface area contributed by atoms with Crippen LogP contribution in [0.3, 0.4) is 0 Å². The minimum absolute atomic E-state index is 0.0280. The van der Waals surface area contributed by atoms with Crippen molar-refractivity contribution in [2.24, 2.45) is 11.5 Å². The van der Waals surface area contributed by atoms with Crippen molar-refractivity contribution < 1.29 is 24.3 Å². The highest BCUT2D eigenvalue weighted by molar-refractivity contribution is 7.80. The van der Waals surface area contributed by atoms with Crippen LogP contribution in [0.2, 0.25) is 0 Å². The summed E-state index contributed by atoms with van der Waals surface area (Å²) in [5.74, 6) is -3.15. The molecular weight excluding hydrogens is 288 g/mol. The lowest BCUT2D eigenvalue weighted by atomic mass is 10.1. The first kappa shape index (κ1) is 18.2. The first-order valence-electron chi connectivity index (χ1n) is 5.72. The van der Waals surface area contributed by atoms with E-state index in [0.717, 1.165) is 0 Å². The van der Waals surface area contributed by atoms with Crippen LogP contribution >= 0.6 is 12.6 Å². The zero-order chi connectivity index (χ0) is 15.7. The number of nitrogens with two attached hydrogens (primary N) is 2. The molecule has 2 unspecified atom stereocenters. The number of amides is 3. The monoisotopic (exact) mass is 306 g/mol. The van der Waals surface area contributed by atoms with Crippen molar-refractivity contribution in [2.45, 2.75) is 24.9 Å². The molecular formula is C10H18N4O5S. The Kier molecular flexibility index (Phi) is 8.32. The number of primary amides is 1. The van der Waals surface area contributed by atoms with E-state index < -0.39 is 42.3 Å². The van der Waals surface area contributed by atoms with Crippen LogP contribution in [0, 0.1) is 0 Å². The molecule has 0 rings (SSSR count). The molecule has 0 radical (unpaired) electrons. The number of carboxylic acid groups (broad SMARTS) is 1. The van der Waals surface area contributed by atoms with Gasteiger partial charge in [-0.1, -0.05) is 0 Å². The fourth-order valence-corrected chi connectivity index (χ4v) is 1.44. The average molecular weight is 306 g/mol. The Morgan fingerprint density at radius 3 is 2.25 bits per heavy atom. The fourth-order valence-electron chi connectivity index (χ4n) is 1.19. The fraction of sp³-hybridized carbons (Fsp3) is 0.600. The van der Waals surface area contributed by atoms with Crippen LogP contribution in [-0.2, 0) is 19.2 Å². The molecule has 0 aliphatic carbocycles. The molecule has 0 saturated carbocycles. The molecule has 20 heavy (non-hydrogen) atoms. The summed E-state index contributed by atoms with van der Waals surface area (Å²) >= 11 is 3.89. The van der Waals surface area contributed by atoms with Crippen LogP contribution < -0.4 is 22.1 Å². The number of aliphatic carboxylic acids is 1. The lowest BCUT2D eigenvalue weighted by Gasteiger charge is -2.18. The Morgan fingerprint density at radius 2 is 1.80 bits per heavy atom. The number of thiol groups is 1. The number of carbonyl (C=O) groups excluding carboxylic acids is 3. The highest BCUT2D eigenvalue weighted by Crippen LogP contribution is 1.96. The Bertz CT molecular complexity index is 390. The molecule has 2 atom stereocenters. The lowest BCUT2D eigenvalue weighted by Crippen LogP contribution is -2.53. The molecule has 0 aromatic carbocycles. The number of hydrogen-bond donors (Lipinski definition) is 6. The molecule has 10 heteroatoms. The van der Waals surface area contributed by atoms with Gasteiger partial charge in [0, 0.05) is 12.2 Å². The topological polar surface area (TPSA) is 165 Å². The third-order valence-corrected chi connectivity index (χ3v) is 2.63. The van der Waals surface area contributed by atoms with Crippen LogP contribution in [0.5, 0.6) is 0 Å². The molecule has 0 saturated heterocycles. The molecule has 3 amide bonds. The first-order valence-corrected chi connectivity index (χ1v) is 6.35. The van der Waals surface area contributed by atoms with Crippen molar-refractivity contribution in [2.75, 3.05) is 12.3 Å². The van der Waals surface area contributed by atoms with E-state index in [-0.39, 0.29) is 18.6 Å². The maximum atomic E-state index is 11.6. The zero-order valence-corrected chi connectivity index (χ0v) is 11.6. The van der Waals surface area contributed by atoms with Gasteiger partial charge in [0.05, 0.1) is 6.04 Å². The molecule has 0 aromatic heterocycles. The van der Waals surface area contributed by atoms with Crippen LogP contribution in [0.1, 0.15) is 12.8 Å². The first-order chi connectivity index (χ1) is 9.27. The number of nitrogens with one attached hydrogen (secondary N) is 2. The second-order valence-electron chi connectivity index (χ2n) is 3.97. The van der Waals surface area contributed by atoms with Crippen LogP contribution in [-0.4, -0.2) is 53.2 Å². The summed E-state index contributed by atoms with van der Waals surface area (Å²) in [5, 5.41) is 12.9. The van der Waals surface area contributed by atoms with Crippen LogP contribution in [0.25, 0.3) is 0 Å². The molecule has 114 valence electrons. The number of carboxylic acids is 1. The minimum Gasteiger partial charge on any atom is -0.480 e. The van der Waals surface area contributed by atoms with Crippen LogP contribution in [0.4, 0.5) is 0 Å². The Morgan fingerprint density at radius 1 is 1.20 bits per heavy atom. The Hall–Kier alpha value is -1.81. The predicted molar refractivity (Wildman–Crippen MR) is 72.8 cm³/mol.